The summed E-state index contributed by atoms with van der Waals surface area (Å²) in [5, 5.41) is 17.1. The molecule has 0 saturated heterocycles. The van der Waals surface area contributed by atoms with Crippen LogP contribution in [0.2, 0.25) is 5.15 Å². The van der Waals surface area contributed by atoms with E-state index in [-0.39, 0.29) is 16.8 Å². The van der Waals surface area contributed by atoms with Gasteiger partial charge in [0, 0.05) is 0 Å². The Morgan fingerprint density at radius 1 is 1.12 bits per heavy atom. The van der Waals surface area contributed by atoms with Crippen molar-refractivity contribution in [3.05, 3.63) is 35.5 Å². The number of aromatic hydroxyl groups is 1. The van der Waals surface area contributed by atoms with Crippen LogP contribution in [0.5, 0.6) is 5.88 Å². The Labute approximate surface area is 102 Å². The molecule has 2 rings (SSSR count). The van der Waals surface area contributed by atoms with Crippen molar-refractivity contribution < 1.29 is 5.11 Å². The summed E-state index contributed by atoms with van der Waals surface area (Å²) in [6.45, 7) is 0. The van der Waals surface area contributed by atoms with Crippen molar-refractivity contribution in [2.75, 3.05) is 5.73 Å². The molecule has 0 atom stereocenters. The average molecular weight is 250 g/mol. The molecule has 0 fully saturated rings. The Hall–Kier alpha value is -2.21. The van der Waals surface area contributed by atoms with Gasteiger partial charge >= 0.3 is 0 Å². The first-order valence-electron chi connectivity index (χ1n) is 4.65. The molecule has 1 aromatic heterocycles. The van der Waals surface area contributed by atoms with Crippen molar-refractivity contribution in [2.45, 2.75) is 0 Å². The topological polar surface area (TPSA) is 96.8 Å². The summed E-state index contributed by atoms with van der Waals surface area (Å²) >= 11 is 5.76. The van der Waals surface area contributed by atoms with Crippen molar-refractivity contribution >= 4 is 28.9 Å². The van der Waals surface area contributed by atoms with E-state index in [1.54, 1.807) is 12.1 Å². The van der Waals surface area contributed by atoms with Crippen LogP contribution in [0.3, 0.4) is 0 Å². The molecule has 0 amide bonds. The first-order valence-corrected chi connectivity index (χ1v) is 5.03. The van der Waals surface area contributed by atoms with Gasteiger partial charge < -0.3 is 10.8 Å². The summed E-state index contributed by atoms with van der Waals surface area (Å²) in [5.74, 6) is -0.520. The monoisotopic (exact) mass is 249 g/mol. The van der Waals surface area contributed by atoms with E-state index in [0.717, 1.165) is 0 Å². The second kappa shape index (κ2) is 4.75. The lowest BCUT2D eigenvalue weighted by Crippen LogP contribution is -1.94. The third-order valence-corrected chi connectivity index (χ3v) is 2.13. The number of benzene rings is 1. The Morgan fingerprint density at radius 3 is 2.47 bits per heavy atom. The van der Waals surface area contributed by atoms with Gasteiger partial charge in [-0.25, -0.2) is 0 Å². The molecule has 17 heavy (non-hydrogen) atoms. The molecule has 6 nitrogen and oxygen atoms in total. The van der Waals surface area contributed by atoms with Crippen molar-refractivity contribution in [1.82, 2.24) is 9.97 Å². The molecule has 0 unspecified atom stereocenters. The largest absolute Gasteiger partial charge is 0.492 e. The highest BCUT2D eigenvalue weighted by Gasteiger charge is 2.10. The molecule has 3 N–H and O–H groups in total. The summed E-state index contributed by atoms with van der Waals surface area (Å²) in [7, 11) is 0. The first-order chi connectivity index (χ1) is 8.16. The fourth-order valence-corrected chi connectivity index (χ4v) is 1.33. The van der Waals surface area contributed by atoms with Gasteiger partial charge in [0.25, 0.3) is 0 Å². The van der Waals surface area contributed by atoms with Gasteiger partial charge in [-0.3, -0.25) is 0 Å². The van der Waals surface area contributed by atoms with Gasteiger partial charge in [0.15, 0.2) is 10.8 Å². The summed E-state index contributed by atoms with van der Waals surface area (Å²) in [6.07, 6.45) is 0. The number of nitrogen functional groups attached to an aromatic ring is 1. The predicted molar refractivity (Wildman–Crippen MR) is 63.7 cm³/mol. The zero-order valence-electron chi connectivity index (χ0n) is 8.58. The highest BCUT2D eigenvalue weighted by Crippen LogP contribution is 2.32. The average Bonchev–Trinajstić information content (AvgIpc) is 2.29. The maximum atomic E-state index is 9.48. The number of aromatic nitrogens is 2. The van der Waals surface area contributed by atoms with Crippen LogP contribution in [0.1, 0.15) is 0 Å². The van der Waals surface area contributed by atoms with Gasteiger partial charge in [0.1, 0.15) is 0 Å². The van der Waals surface area contributed by atoms with Gasteiger partial charge in [-0.2, -0.15) is 15.1 Å². The van der Waals surface area contributed by atoms with Crippen molar-refractivity contribution in [2.24, 2.45) is 10.2 Å². The molecular weight excluding hydrogens is 242 g/mol. The van der Waals surface area contributed by atoms with Crippen LogP contribution >= 0.6 is 11.6 Å². The number of hydrogen-bond donors (Lipinski definition) is 2. The minimum absolute atomic E-state index is 0.00952. The standard InChI is InChI=1S/C10H8ClN5O/c11-8-7(9(17)14-10(12)13-8)16-15-6-4-2-1-3-5-6/h1-5H,(H3,12,13,14,17). The number of hydrogen-bond acceptors (Lipinski definition) is 6. The highest BCUT2D eigenvalue weighted by atomic mass is 35.5. The van der Waals surface area contributed by atoms with Crippen LogP contribution in [0.4, 0.5) is 17.3 Å². The zero-order valence-corrected chi connectivity index (χ0v) is 9.33. The molecule has 1 heterocycles. The van der Waals surface area contributed by atoms with E-state index >= 15 is 0 Å². The number of rotatable bonds is 2. The van der Waals surface area contributed by atoms with Gasteiger partial charge in [-0.05, 0) is 12.1 Å². The van der Waals surface area contributed by atoms with Crippen LogP contribution < -0.4 is 5.73 Å². The Kier molecular flexibility index (Phi) is 3.15. The van der Waals surface area contributed by atoms with E-state index in [1.165, 1.54) is 0 Å². The highest BCUT2D eigenvalue weighted by molar-refractivity contribution is 6.32. The van der Waals surface area contributed by atoms with Crippen LogP contribution in [-0.2, 0) is 0 Å². The van der Waals surface area contributed by atoms with Gasteiger partial charge in [-0.1, -0.05) is 29.8 Å². The number of anilines is 1. The summed E-state index contributed by atoms with van der Waals surface area (Å²) in [6, 6.07) is 9.00. The quantitative estimate of drug-likeness (QED) is 0.632. The van der Waals surface area contributed by atoms with Gasteiger partial charge in [0.05, 0.1) is 5.69 Å². The lowest BCUT2D eigenvalue weighted by molar-refractivity contribution is 0.454. The minimum atomic E-state index is -0.401. The maximum absolute atomic E-state index is 9.48. The fraction of sp³-hybridized carbons (Fsp3) is 0. The second-order valence-corrected chi connectivity index (χ2v) is 3.44. The van der Waals surface area contributed by atoms with Crippen LogP contribution in [0.15, 0.2) is 40.6 Å². The molecular formula is C10H8ClN5O. The van der Waals surface area contributed by atoms with Crippen LogP contribution in [0.25, 0.3) is 0 Å². The third-order valence-electron chi connectivity index (χ3n) is 1.86. The Morgan fingerprint density at radius 2 is 1.82 bits per heavy atom. The summed E-state index contributed by atoms with van der Waals surface area (Å²) in [5.41, 5.74) is 5.91. The molecule has 0 bridgehead atoms. The molecule has 0 aliphatic rings. The fourth-order valence-electron chi connectivity index (χ4n) is 1.12. The summed E-state index contributed by atoms with van der Waals surface area (Å²) < 4.78 is 0. The molecule has 0 radical (unpaired) electrons. The van der Waals surface area contributed by atoms with Crippen molar-refractivity contribution in [3.63, 3.8) is 0 Å². The van der Waals surface area contributed by atoms with Crippen molar-refractivity contribution in [1.29, 1.82) is 0 Å². The Balaban J connectivity index is 2.34. The molecule has 0 aliphatic carbocycles. The first kappa shape index (κ1) is 11.3. The SMILES string of the molecule is Nc1nc(O)c(N=Nc2ccccc2)c(Cl)n1. The predicted octanol–water partition coefficient (Wildman–Crippen LogP) is 2.83. The minimum Gasteiger partial charge on any atom is -0.492 e. The number of azo groups is 1. The van der Waals surface area contributed by atoms with Crippen LogP contribution in [-0.4, -0.2) is 15.1 Å². The number of nitrogens with two attached hydrogens (primary N) is 1. The number of nitrogens with zero attached hydrogens (tertiary/aromatic N) is 4. The molecule has 0 spiro atoms. The lowest BCUT2D eigenvalue weighted by Gasteiger charge is -1.99. The Bertz CT molecular complexity index is 535. The van der Waals surface area contributed by atoms with E-state index < -0.39 is 5.88 Å². The lowest BCUT2D eigenvalue weighted by atomic mass is 10.3. The third kappa shape index (κ3) is 2.67. The van der Waals surface area contributed by atoms with Crippen molar-refractivity contribution in [3.8, 4) is 5.88 Å². The molecule has 0 aliphatic heterocycles. The summed E-state index contributed by atoms with van der Waals surface area (Å²) in [4.78, 5) is 7.20. The van der Waals surface area contributed by atoms with Gasteiger partial charge in [-0.15, -0.1) is 5.11 Å². The van der Waals surface area contributed by atoms with Crippen LogP contribution in [0, 0.1) is 0 Å². The van der Waals surface area contributed by atoms with E-state index in [2.05, 4.69) is 20.2 Å². The zero-order chi connectivity index (χ0) is 12.3. The molecule has 2 aromatic rings. The molecule has 86 valence electrons. The number of halogens is 1. The van der Waals surface area contributed by atoms with E-state index in [0.29, 0.717) is 5.69 Å². The normalized spacial score (nSPS) is 10.9. The molecule has 1 aromatic carbocycles. The van der Waals surface area contributed by atoms with E-state index in [4.69, 9.17) is 17.3 Å². The van der Waals surface area contributed by atoms with E-state index in [9.17, 15) is 5.11 Å². The van der Waals surface area contributed by atoms with E-state index in [1.807, 2.05) is 18.2 Å². The molecule has 0 saturated carbocycles. The second-order valence-electron chi connectivity index (χ2n) is 3.08. The van der Waals surface area contributed by atoms with Gasteiger partial charge in [0.2, 0.25) is 11.8 Å². The smallest absolute Gasteiger partial charge is 0.245 e. The molecule has 7 heteroatoms. The maximum Gasteiger partial charge on any atom is 0.245 e.